The summed E-state index contributed by atoms with van der Waals surface area (Å²) in [4.78, 5) is 0. The summed E-state index contributed by atoms with van der Waals surface area (Å²) in [5, 5.41) is 6.48. The van der Waals surface area contributed by atoms with Crippen molar-refractivity contribution in [1.82, 2.24) is 5.32 Å². The molecule has 2 aromatic carbocycles. The van der Waals surface area contributed by atoms with Crippen LogP contribution in [-0.2, 0) is 13.0 Å². The number of alkyl halides is 1. The highest BCUT2D eigenvalue weighted by atomic mass is 35.5. The molecule has 1 aliphatic heterocycles. The summed E-state index contributed by atoms with van der Waals surface area (Å²) in [6.45, 7) is 1.91. The highest BCUT2D eigenvalue weighted by molar-refractivity contribution is 6.21. The molecule has 0 bridgehead atoms. The molecule has 1 heterocycles. The number of nitrogens with one attached hydrogen (secondary N) is 2. The van der Waals surface area contributed by atoms with Crippen LogP contribution in [0.25, 0.3) is 0 Å². The van der Waals surface area contributed by atoms with Gasteiger partial charge in [0.25, 0.3) is 0 Å². The fraction of sp³-hybridized carbons (Fsp3) is 0.294. The van der Waals surface area contributed by atoms with E-state index in [1.165, 1.54) is 12.1 Å². The Morgan fingerprint density at radius 1 is 1.23 bits per heavy atom. The molecule has 1 atom stereocenters. The van der Waals surface area contributed by atoms with E-state index in [-0.39, 0.29) is 5.38 Å². The lowest BCUT2D eigenvalue weighted by molar-refractivity contribution is 0.574. The molecule has 22 heavy (non-hydrogen) atoms. The van der Waals surface area contributed by atoms with Gasteiger partial charge in [-0.3, -0.25) is 0 Å². The number of anilines is 1. The molecule has 0 spiro atoms. The first-order chi connectivity index (χ1) is 10.6. The first kappa shape index (κ1) is 15.3. The van der Waals surface area contributed by atoms with Crippen LogP contribution >= 0.6 is 11.6 Å². The third-order valence-electron chi connectivity index (χ3n) is 3.91. The van der Waals surface area contributed by atoms with Crippen molar-refractivity contribution >= 4 is 17.3 Å². The van der Waals surface area contributed by atoms with Gasteiger partial charge in [-0.25, -0.2) is 8.78 Å². The zero-order chi connectivity index (χ0) is 15.5. The standard InChI is InChI=1S/C17H17ClF2N2/c18-15-10-21-7-6-14-13(15)2-1-3-17(14)22-9-11-4-5-12(19)8-16(11)20/h1-5,8,15,21-22H,6-7,9-10H2. The SMILES string of the molecule is Fc1ccc(CNc2cccc3c2CCNCC3Cl)c(F)c1. The van der Waals surface area contributed by atoms with E-state index in [9.17, 15) is 8.78 Å². The van der Waals surface area contributed by atoms with Crippen LogP contribution in [0.5, 0.6) is 0 Å². The van der Waals surface area contributed by atoms with E-state index in [1.807, 2.05) is 18.2 Å². The number of hydrogen-bond acceptors (Lipinski definition) is 2. The fourth-order valence-corrected chi connectivity index (χ4v) is 3.06. The van der Waals surface area contributed by atoms with E-state index >= 15 is 0 Å². The second-order valence-electron chi connectivity index (χ2n) is 5.38. The summed E-state index contributed by atoms with van der Waals surface area (Å²) in [6, 6.07) is 9.58. The number of fused-ring (bicyclic) bond motifs is 1. The monoisotopic (exact) mass is 322 g/mol. The first-order valence-corrected chi connectivity index (χ1v) is 7.73. The van der Waals surface area contributed by atoms with Crippen molar-refractivity contribution in [2.45, 2.75) is 18.3 Å². The average molecular weight is 323 g/mol. The van der Waals surface area contributed by atoms with Crippen molar-refractivity contribution in [2.75, 3.05) is 18.4 Å². The molecule has 116 valence electrons. The van der Waals surface area contributed by atoms with Crippen molar-refractivity contribution in [3.05, 3.63) is 64.7 Å². The predicted molar refractivity (Wildman–Crippen MR) is 85.3 cm³/mol. The molecule has 0 amide bonds. The summed E-state index contributed by atoms with van der Waals surface area (Å²) in [5.41, 5.74) is 3.66. The molecule has 1 unspecified atom stereocenters. The van der Waals surface area contributed by atoms with Gasteiger partial charge in [-0.2, -0.15) is 0 Å². The van der Waals surface area contributed by atoms with Gasteiger partial charge in [0.05, 0.1) is 5.38 Å². The van der Waals surface area contributed by atoms with Gasteiger partial charge in [0.1, 0.15) is 11.6 Å². The van der Waals surface area contributed by atoms with E-state index in [0.29, 0.717) is 12.1 Å². The first-order valence-electron chi connectivity index (χ1n) is 7.29. The molecule has 0 radical (unpaired) electrons. The average Bonchev–Trinajstić information content (AvgIpc) is 2.69. The number of hydrogen-bond donors (Lipinski definition) is 2. The van der Waals surface area contributed by atoms with Gasteiger partial charge >= 0.3 is 0 Å². The smallest absolute Gasteiger partial charge is 0.131 e. The van der Waals surface area contributed by atoms with E-state index < -0.39 is 11.6 Å². The Morgan fingerprint density at radius 2 is 2.09 bits per heavy atom. The van der Waals surface area contributed by atoms with Crippen LogP contribution in [0.1, 0.15) is 22.1 Å². The van der Waals surface area contributed by atoms with Gasteiger partial charge in [-0.05, 0) is 36.2 Å². The predicted octanol–water partition coefficient (Wildman–Crippen LogP) is 4.00. The second kappa shape index (κ2) is 6.63. The van der Waals surface area contributed by atoms with E-state index in [4.69, 9.17) is 11.6 Å². The van der Waals surface area contributed by atoms with Crippen LogP contribution in [0.4, 0.5) is 14.5 Å². The molecule has 2 N–H and O–H groups in total. The molecule has 1 aliphatic rings. The van der Waals surface area contributed by atoms with Crippen molar-refractivity contribution in [3.63, 3.8) is 0 Å². The Morgan fingerprint density at radius 3 is 2.91 bits per heavy atom. The number of halogens is 3. The zero-order valence-electron chi connectivity index (χ0n) is 12.0. The Hall–Kier alpha value is -1.65. The van der Waals surface area contributed by atoms with Crippen LogP contribution in [-0.4, -0.2) is 13.1 Å². The minimum atomic E-state index is -0.564. The number of rotatable bonds is 3. The topological polar surface area (TPSA) is 24.1 Å². The summed E-state index contributed by atoms with van der Waals surface area (Å²) in [5.74, 6) is -1.10. The van der Waals surface area contributed by atoms with Gasteiger partial charge in [0.2, 0.25) is 0 Å². The van der Waals surface area contributed by atoms with Gasteiger partial charge in [0, 0.05) is 30.4 Å². The summed E-state index contributed by atoms with van der Waals surface area (Å²) in [7, 11) is 0. The van der Waals surface area contributed by atoms with Crippen LogP contribution < -0.4 is 10.6 Å². The minimum Gasteiger partial charge on any atom is -0.381 e. The maximum Gasteiger partial charge on any atom is 0.131 e. The lowest BCUT2D eigenvalue weighted by Gasteiger charge is -2.16. The van der Waals surface area contributed by atoms with Gasteiger partial charge < -0.3 is 10.6 Å². The molecule has 5 heteroatoms. The fourth-order valence-electron chi connectivity index (χ4n) is 2.75. The molecule has 3 rings (SSSR count). The molecule has 0 fully saturated rings. The molecular weight excluding hydrogens is 306 g/mol. The Labute approximate surface area is 133 Å². The van der Waals surface area contributed by atoms with Crippen molar-refractivity contribution < 1.29 is 8.78 Å². The van der Waals surface area contributed by atoms with Gasteiger partial charge in [0.15, 0.2) is 0 Å². The maximum absolute atomic E-state index is 13.7. The minimum absolute atomic E-state index is 0.0678. The normalized spacial score (nSPS) is 17.7. The second-order valence-corrected chi connectivity index (χ2v) is 5.91. The van der Waals surface area contributed by atoms with Crippen molar-refractivity contribution in [1.29, 1.82) is 0 Å². The zero-order valence-corrected chi connectivity index (χ0v) is 12.8. The molecule has 0 aliphatic carbocycles. The Kier molecular flexibility index (Phi) is 4.60. The quantitative estimate of drug-likeness (QED) is 0.835. The van der Waals surface area contributed by atoms with Crippen LogP contribution in [0, 0.1) is 11.6 Å². The molecule has 0 saturated carbocycles. The van der Waals surface area contributed by atoms with E-state index in [2.05, 4.69) is 10.6 Å². The van der Waals surface area contributed by atoms with E-state index in [0.717, 1.165) is 42.4 Å². The van der Waals surface area contributed by atoms with Crippen LogP contribution in [0.3, 0.4) is 0 Å². The van der Waals surface area contributed by atoms with Crippen molar-refractivity contribution in [3.8, 4) is 0 Å². The van der Waals surface area contributed by atoms with Gasteiger partial charge in [-0.1, -0.05) is 18.2 Å². The van der Waals surface area contributed by atoms with Gasteiger partial charge in [-0.15, -0.1) is 11.6 Å². The maximum atomic E-state index is 13.7. The summed E-state index contributed by atoms with van der Waals surface area (Å²) in [6.07, 6.45) is 0.869. The highest BCUT2D eigenvalue weighted by Gasteiger charge is 2.18. The largest absolute Gasteiger partial charge is 0.381 e. The van der Waals surface area contributed by atoms with Crippen LogP contribution in [0.2, 0.25) is 0 Å². The third-order valence-corrected chi connectivity index (χ3v) is 4.30. The van der Waals surface area contributed by atoms with E-state index in [1.54, 1.807) is 0 Å². The van der Waals surface area contributed by atoms with Crippen LogP contribution in [0.15, 0.2) is 36.4 Å². The Balaban J connectivity index is 1.82. The molecule has 0 saturated heterocycles. The highest BCUT2D eigenvalue weighted by Crippen LogP contribution is 2.31. The number of benzene rings is 2. The molecular formula is C17H17ClF2N2. The lowest BCUT2D eigenvalue weighted by Crippen LogP contribution is -2.17. The lowest BCUT2D eigenvalue weighted by atomic mass is 10.0. The molecule has 2 aromatic rings. The third kappa shape index (κ3) is 3.23. The summed E-state index contributed by atoms with van der Waals surface area (Å²) >= 11 is 6.39. The van der Waals surface area contributed by atoms with Crippen molar-refractivity contribution in [2.24, 2.45) is 0 Å². The molecule has 0 aromatic heterocycles. The Bertz CT molecular complexity index is 676. The molecule has 2 nitrogen and oxygen atoms in total. The summed E-state index contributed by atoms with van der Waals surface area (Å²) < 4.78 is 26.7.